The number of rotatable bonds is 1. The zero-order valence-corrected chi connectivity index (χ0v) is 8.41. The summed E-state index contributed by atoms with van der Waals surface area (Å²) < 4.78 is 0. The predicted molar refractivity (Wildman–Crippen MR) is 54.1 cm³/mol. The highest BCUT2D eigenvalue weighted by Gasteiger charge is 2.03. The maximum absolute atomic E-state index is 3.38. The minimum atomic E-state index is 1.26. The molecule has 0 unspecified atom stereocenters. The maximum Gasteiger partial charge on any atom is -0.00633 e. The molecule has 0 heterocycles. The molecule has 1 aliphatic carbocycles. The van der Waals surface area contributed by atoms with Crippen molar-refractivity contribution in [3.63, 3.8) is 0 Å². The van der Waals surface area contributed by atoms with Crippen molar-refractivity contribution in [1.82, 2.24) is 0 Å². The molecular weight excluding hydrogens is 144 g/mol. The molecule has 1 aliphatic rings. The number of hydrogen-bond acceptors (Lipinski definition) is 0. The van der Waals surface area contributed by atoms with Gasteiger partial charge >= 0.3 is 0 Å². The van der Waals surface area contributed by atoms with Crippen LogP contribution in [0.4, 0.5) is 0 Å². The van der Waals surface area contributed by atoms with Crippen LogP contribution in [0, 0.1) is 0 Å². The molecule has 0 aromatic rings. The van der Waals surface area contributed by atoms with Crippen molar-refractivity contribution >= 4 is 0 Å². The Bertz CT molecular complexity index is 243. The van der Waals surface area contributed by atoms with Crippen LogP contribution >= 0.6 is 0 Å². The Labute approximate surface area is 75.7 Å². The first-order valence-electron chi connectivity index (χ1n) is 4.80. The molecule has 0 aromatic carbocycles. The van der Waals surface area contributed by atoms with E-state index >= 15 is 0 Å². The highest BCUT2D eigenvalue weighted by molar-refractivity contribution is 5.30. The zero-order valence-electron chi connectivity index (χ0n) is 8.41. The van der Waals surface area contributed by atoms with Gasteiger partial charge in [0.15, 0.2) is 0 Å². The van der Waals surface area contributed by atoms with Gasteiger partial charge in [0, 0.05) is 0 Å². The fraction of sp³-hybridized carbons (Fsp3) is 0.583. The van der Waals surface area contributed by atoms with E-state index in [0.717, 1.165) is 0 Å². The molecule has 0 N–H and O–H groups in total. The first-order chi connectivity index (χ1) is 5.70. The summed E-state index contributed by atoms with van der Waals surface area (Å²) in [6, 6.07) is 0. The summed E-state index contributed by atoms with van der Waals surface area (Å²) in [5.74, 6) is 0. The van der Waals surface area contributed by atoms with Gasteiger partial charge in [-0.3, -0.25) is 0 Å². The molecule has 0 atom stereocenters. The molecule has 0 aromatic heterocycles. The molecular formula is C12H18. The van der Waals surface area contributed by atoms with Crippen LogP contribution in [-0.4, -0.2) is 0 Å². The van der Waals surface area contributed by atoms with Crippen molar-refractivity contribution in [2.24, 2.45) is 0 Å². The molecule has 0 radical (unpaired) electrons. The van der Waals surface area contributed by atoms with E-state index in [0.29, 0.717) is 0 Å². The van der Waals surface area contributed by atoms with Crippen molar-refractivity contribution in [3.8, 4) is 0 Å². The van der Waals surface area contributed by atoms with Gasteiger partial charge in [0.1, 0.15) is 0 Å². The van der Waals surface area contributed by atoms with Crippen molar-refractivity contribution < 1.29 is 0 Å². The highest BCUT2D eigenvalue weighted by atomic mass is 14.1. The van der Waals surface area contributed by atoms with Gasteiger partial charge < -0.3 is 0 Å². The van der Waals surface area contributed by atoms with Crippen LogP contribution in [-0.2, 0) is 0 Å². The lowest BCUT2D eigenvalue weighted by Gasteiger charge is -2.11. The summed E-state index contributed by atoms with van der Waals surface area (Å²) in [5, 5.41) is 0. The second-order valence-electron chi connectivity index (χ2n) is 3.73. The van der Waals surface area contributed by atoms with Crippen molar-refractivity contribution in [2.75, 3.05) is 0 Å². The summed E-state index contributed by atoms with van der Waals surface area (Å²) in [7, 11) is 0. The summed E-state index contributed by atoms with van der Waals surface area (Å²) in [4.78, 5) is 0. The van der Waals surface area contributed by atoms with E-state index in [1.807, 2.05) is 0 Å². The fourth-order valence-electron chi connectivity index (χ4n) is 1.63. The summed E-state index contributed by atoms with van der Waals surface area (Å²) in [6.45, 7) is 6.38. The van der Waals surface area contributed by atoms with Gasteiger partial charge in [-0.1, -0.05) is 6.08 Å². The molecule has 0 saturated carbocycles. The first-order valence-corrected chi connectivity index (χ1v) is 4.80. The van der Waals surface area contributed by atoms with Crippen molar-refractivity contribution in [2.45, 2.75) is 46.5 Å². The minimum Gasteiger partial charge on any atom is -0.119 e. The van der Waals surface area contributed by atoms with Crippen molar-refractivity contribution in [1.29, 1.82) is 0 Å². The highest BCUT2D eigenvalue weighted by Crippen LogP contribution is 2.22. The normalized spacial score (nSPS) is 16.4. The van der Waals surface area contributed by atoms with Gasteiger partial charge in [-0.15, -0.1) is 5.73 Å². The number of hydrogen-bond donors (Lipinski definition) is 0. The second-order valence-corrected chi connectivity index (χ2v) is 3.73. The quantitative estimate of drug-likeness (QED) is 0.511. The molecule has 0 saturated heterocycles. The lowest BCUT2D eigenvalue weighted by atomic mass is 9.94. The summed E-state index contributed by atoms with van der Waals surface area (Å²) in [6.07, 6.45) is 7.61. The van der Waals surface area contributed by atoms with E-state index in [9.17, 15) is 0 Å². The van der Waals surface area contributed by atoms with Gasteiger partial charge in [-0.2, -0.15) is 0 Å². The molecule has 1 rings (SSSR count). The van der Waals surface area contributed by atoms with E-state index in [-0.39, 0.29) is 0 Å². The smallest absolute Gasteiger partial charge is 0.00633 e. The van der Waals surface area contributed by atoms with E-state index < -0.39 is 0 Å². The van der Waals surface area contributed by atoms with Crippen LogP contribution in [0.3, 0.4) is 0 Å². The fourth-order valence-corrected chi connectivity index (χ4v) is 1.63. The lowest BCUT2D eigenvalue weighted by molar-refractivity contribution is 0.706. The second kappa shape index (κ2) is 4.33. The van der Waals surface area contributed by atoms with Gasteiger partial charge in [0.25, 0.3) is 0 Å². The monoisotopic (exact) mass is 162 g/mol. The van der Waals surface area contributed by atoms with Gasteiger partial charge in [0.2, 0.25) is 0 Å². The lowest BCUT2D eigenvalue weighted by Crippen LogP contribution is -1.92. The maximum atomic E-state index is 3.38. The first kappa shape index (κ1) is 9.35. The standard InChI is InChI=1S/C12H18/c1-10(2)9-11(3)12-7-5-4-6-8-12/h7H,4-6,8H2,1-3H3. The third-order valence-electron chi connectivity index (χ3n) is 2.21. The van der Waals surface area contributed by atoms with Crippen LogP contribution in [0.2, 0.25) is 0 Å². The molecule has 0 nitrogen and oxygen atoms in total. The van der Waals surface area contributed by atoms with E-state index in [2.05, 4.69) is 32.6 Å². The van der Waals surface area contributed by atoms with Gasteiger partial charge in [0.05, 0.1) is 0 Å². The third kappa shape index (κ3) is 2.71. The minimum absolute atomic E-state index is 1.26. The Morgan fingerprint density at radius 2 is 2.00 bits per heavy atom. The molecule has 66 valence electrons. The number of allylic oxidation sites excluding steroid dienone is 3. The SMILES string of the molecule is CC(C)=C=C(C)C1=CCCCC1. The average Bonchev–Trinajstić information content (AvgIpc) is 2.05. The molecule has 12 heavy (non-hydrogen) atoms. The topological polar surface area (TPSA) is 0 Å². The Morgan fingerprint density at radius 1 is 1.25 bits per heavy atom. The van der Waals surface area contributed by atoms with Crippen LogP contribution < -0.4 is 0 Å². The van der Waals surface area contributed by atoms with E-state index in [1.165, 1.54) is 42.4 Å². The largest absolute Gasteiger partial charge is 0.119 e. The summed E-state index contributed by atoms with van der Waals surface area (Å²) in [5.41, 5.74) is 7.51. The van der Waals surface area contributed by atoms with E-state index in [4.69, 9.17) is 0 Å². The molecule has 0 heteroatoms. The average molecular weight is 162 g/mol. The predicted octanol–water partition coefficient (Wildman–Crippen LogP) is 4.00. The van der Waals surface area contributed by atoms with Crippen LogP contribution in [0.1, 0.15) is 46.5 Å². The Balaban J connectivity index is 2.82. The van der Waals surface area contributed by atoms with Crippen LogP contribution in [0.25, 0.3) is 0 Å². The summed E-state index contributed by atoms with van der Waals surface area (Å²) >= 11 is 0. The molecule has 0 amide bonds. The van der Waals surface area contributed by atoms with Crippen molar-refractivity contribution in [3.05, 3.63) is 28.5 Å². The van der Waals surface area contributed by atoms with Crippen LogP contribution in [0.15, 0.2) is 28.5 Å². The van der Waals surface area contributed by atoms with Gasteiger partial charge in [-0.25, -0.2) is 0 Å². The molecule has 0 aliphatic heterocycles. The zero-order chi connectivity index (χ0) is 8.97. The van der Waals surface area contributed by atoms with Crippen LogP contribution in [0.5, 0.6) is 0 Å². The molecule has 0 spiro atoms. The Kier molecular flexibility index (Phi) is 3.37. The molecule has 0 fully saturated rings. The van der Waals surface area contributed by atoms with Gasteiger partial charge in [-0.05, 0) is 63.2 Å². The Hall–Kier alpha value is -0.740. The molecule has 0 bridgehead atoms. The van der Waals surface area contributed by atoms with E-state index in [1.54, 1.807) is 0 Å². The third-order valence-corrected chi connectivity index (χ3v) is 2.21. The Morgan fingerprint density at radius 3 is 2.50 bits per heavy atom.